The Morgan fingerprint density at radius 1 is 1.14 bits per heavy atom. The Bertz CT molecular complexity index is 987. The number of amides is 1. The van der Waals surface area contributed by atoms with Crippen LogP contribution in [-0.4, -0.2) is 10.5 Å². The van der Waals surface area contributed by atoms with Crippen molar-refractivity contribution < 1.29 is 9.53 Å². The van der Waals surface area contributed by atoms with E-state index in [-0.39, 0.29) is 0 Å². The zero-order valence-corrected chi connectivity index (χ0v) is 16.4. The minimum Gasteiger partial charge on any atom is -0.457 e. The molecule has 1 amide bonds. The Morgan fingerprint density at radius 3 is 2.50 bits per heavy atom. The maximum absolute atomic E-state index is 12.3. The minimum absolute atomic E-state index is 0.415. The predicted molar refractivity (Wildman–Crippen MR) is 114 cm³/mol. The van der Waals surface area contributed by atoms with Crippen molar-refractivity contribution in [1.29, 1.82) is 0 Å². The molecule has 1 heterocycles. The average Bonchev–Trinajstić information content (AvgIpc) is 2.96. The second-order valence-electron chi connectivity index (χ2n) is 6.74. The standard InChI is InChI=1S/C24H26N2O2/c1-4-10-21-23(22(24(25)27)17(3)26(21)15-5-2)18-11-9-14-20(16-18)28-19-12-7-6-8-13-19/h5-9,11-14,16H,2,4,10,15H2,1,3H3,(H2,25,27). The number of primary amides is 1. The molecule has 0 aliphatic carbocycles. The third kappa shape index (κ3) is 3.86. The first kappa shape index (κ1) is 19.5. The molecule has 2 aromatic carbocycles. The van der Waals surface area contributed by atoms with Crippen LogP contribution < -0.4 is 10.5 Å². The number of rotatable bonds is 8. The average molecular weight is 374 g/mol. The van der Waals surface area contributed by atoms with Gasteiger partial charge < -0.3 is 15.0 Å². The Hall–Kier alpha value is -3.27. The normalized spacial score (nSPS) is 10.6. The summed E-state index contributed by atoms with van der Waals surface area (Å²) in [4.78, 5) is 12.3. The lowest BCUT2D eigenvalue weighted by molar-refractivity contribution is 0.1000. The van der Waals surface area contributed by atoms with Gasteiger partial charge in [0.15, 0.2) is 0 Å². The molecule has 4 heteroatoms. The molecule has 0 radical (unpaired) electrons. The van der Waals surface area contributed by atoms with Gasteiger partial charge in [0.25, 0.3) is 5.91 Å². The Labute approximate surface area is 166 Å². The number of benzene rings is 2. The smallest absolute Gasteiger partial charge is 0.251 e. The van der Waals surface area contributed by atoms with E-state index in [4.69, 9.17) is 10.5 Å². The molecule has 4 nitrogen and oxygen atoms in total. The minimum atomic E-state index is -0.415. The fraction of sp³-hybridized carbons (Fsp3) is 0.208. The van der Waals surface area contributed by atoms with Gasteiger partial charge in [0.2, 0.25) is 0 Å². The van der Waals surface area contributed by atoms with Crippen LogP contribution in [-0.2, 0) is 13.0 Å². The van der Waals surface area contributed by atoms with Crippen LogP contribution in [0.3, 0.4) is 0 Å². The number of ether oxygens (including phenoxy) is 1. The number of hydrogen-bond acceptors (Lipinski definition) is 2. The fourth-order valence-electron chi connectivity index (χ4n) is 3.62. The van der Waals surface area contributed by atoms with E-state index in [2.05, 4.69) is 18.1 Å². The van der Waals surface area contributed by atoms with E-state index in [1.165, 1.54) is 0 Å². The van der Waals surface area contributed by atoms with E-state index in [9.17, 15) is 4.79 Å². The van der Waals surface area contributed by atoms with Crippen LogP contribution in [0, 0.1) is 6.92 Å². The van der Waals surface area contributed by atoms with E-state index in [1.54, 1.807) is 0 Å². The van der Waals surface area contributed by atoms with E-state index in [0.717, 1.165) is 46.9 Å². The van der Waals surface area contributed by atoms with Crippen molar-refractivity contribution in [3.05, 3.63) is 84.2 Å². The van der Waals surface area contributed by atoms with E-state index in [1.807, 2.05) is 67.6 Å². The molecular formula is C24H26N2O2. The number of aromatic nitrogens is 1. The van der Waals surface area contributed by atoms with Gasteiger partial charge in [-0.25, -0.2) is 0 Å². The second kappa shape index (κ2) is 8.61. The van der Waals surface area contributed by atoms with Crippen molar-refractivity contribution in [2.45, 2.75) is 33.2 Å². The van der Waals surface area contributed by atoms with Gasteiger partial charge in [-0.05, 0) is 43.2 Å². The van der Waals surface area contributed by atoms with Crippen molar-refractivity contribution in [2.24, 2.45) is 5.73 Å². The predicted octanol–water partition coefficient (Wildman–Crippen LogP) is 5.49. The molecule has 0 aliphatic heterocycles. The highest BCUT2D eigenvalue weighted by molar-refractivity contribution is 6.02. The molecule has 28 heavy (non-hydrogen) atoms. The molecule has 0 aliphatic rings. The third-order valence-corrected chi connectivity index (χ3v) is 4.78. The maximum Gasteiger partial charge on any atom is 0.251 e. The summed E-state index contributed by atoms with van der Waals surface area (Å²) in [6.45, 7) is 8.57. The van der Waals surface area contributed by atoms with Crippen molar-refractivity contribution in [3.8, 4) is 22.6 Å². The lowest BCUT2D eigenvalue weighted by Gasteiger charge is -2.12. The summed E-state index contributed by atoms with van der Waals surface area (Å²) in [5.74, 6) is 1.07. The largest absolute Gasteiger partial charge is 0.457 e. The molecule has 0 spiro atoms. The maximum atomic E-state index is 12.3. The third-order valence-electron chi connectivity index (χ3n) is 4.78. The number of carbonyl (C=O) groups excluding carboxylic acids is 1. The number of para-hydroxylation sites is 1. The first-order valence-electron chi connectivity index (χ1n) is 9.52. The van der Waals surface area contributed by atoms with Gasteiger partial charge in [-0.1, -0.05) is 49.8 Å². The molecule has 0 atom stereocenters. The fourth-order valence-corrected chi connectivity index (χ4v) is 3.62. The first-order valence-corrected chi connectivity index (χ1v) is 9.52. The zero-order chi connectivity index (χ0) is 20.1. The summed E-state index contributed by atoms with van der Waals surface area (Å²) < 4.78 is 8.12. The molecule has 2 N–H and O–H groups in total. The van der Waals surface area contributed by atoms with E-state index >= 15 is 0 Å². The van der Waals surface area contributed by atoms with E-state index < -0.39 is 5.91 Å². The van der Waals surface area contributed by atoms with Crippen LogP contribution >= 0.6 is 0 Å². The number of carbonyl (C=O) groups is 1. The quantitative estimate of drug-likeness (QED) is 0.530. The number of hydrogen-bond donors (Lipinski definition) is 1. The highest BCUT2D eigenvalue weighted by Gasteiger charge is 2.24. The van der Waals surface area contributed by atoms with Gasteiger partial charge in [-0.3, -0.25) is 4.79 Å². The van der Waals surface area contributed by atoms with Gasteiger partial charge in [-0.15, -0.1) is 6.58 Å². The molecule has 0 saturated carbocycles. The molecular weight excluding hydrogens is 348 g/mol. The SMILES string of the molecule is C=CCn1c(C)c(C(N)=O)c(-c2cccc(Oc3ccccc3)c2)c1CCC. The van der Waals surface area contributed by atoms with Crippen LogP contribution in [0.2, 0.25) is 0 Å². The summed E-state index contributed by atoms with van der Waals surface area (Å²) in [7, 11) is 0. The van der Waals surface area contributed by atoms with Crippen LogP contribution in [0.1, 0.15) is 35.1 Å². The van der Waals surface area contributed by atoms with Crippen molar-refractivity contribution in [3.63, 3.8) is 0 Å². The van der Waals surface area contributed by atoms with E-state index in [0.29, 0.717) is 12.1 Å². The van der Waals surface area contributed by atoms with Crippen LogP contribution in [0.15, 0.2) is 67.3 Å². The lowest BCUT2D eigenvalue weighted by Crippen LogP contribution is -2.13. The highest BCUT2D eigenvalue weighted by atomic mass is 16.5. The first-order chi connectivity index (χ1) is 13.6. The lowest BCUT2D eigenvalue weighted by atomic mass is 9.98. The van der Waals surface area contributed by atoms with Gasteiger partial charge in [-0.2, -0.15) is 0 Å². The number of nitrogens with two attached hydrogens (primary N) is 1. The van der Waals surface area contributed by atoms with Crippen LogP contribution in [0.5, 0.6) is 11.5 Å². The Kier molecular flexibility index (Phi) is 5.99. The van der Waals surface area contributed by atoms with Crippen molar-refractivity contribution in [2.75, 3.05) is 0 Å². The summed E-state index contributed by atoms with van der Waals surface area (Å²) >= 11 is 0. The van der Waals surface area contributed by atoms with Crippen molar-refractivity contribution in [1.82, 2.24) is 4.57 Å². The Balaban J connectivity index is 2.14. The molecule has 144 valence electrons. The summed E-state index contributed by atoms with van der Waals surface area (Å²) in [5, 5.41) is 0. The second-order valence-corrected chi connectivity index (χ2v) is 6.74. The van der Waals surface area contributed by atoms with Crippen LogP contribution in [0.4, 0.5) is 0 Å². The van der Waals surface area contributed by atoms with Crippen molar-refractivity contribution >= 4 is 5.91 Å². The summed E-state index contributed by atoms with van der Waals surface area (Å²) in [6.07, 6.45) is 3.66. The molecule has 1 aromatic heterocycles. The van der Waals surface area contributed by atoms with Gasteiger partial charge in [0, 0.05) is 23.5 Å². The molecule has 3 rings (SSSR count). The molecule has 0 bridgehead atoms. The summed E-state index contributed by atoms with van der Waals surface area (Å²) in [5.41, 5.74) is 10.2. The number of nitrogens with zero attached hydrogens (tertiary/aromatic N) is 1. The van der Waals surface area contributed by atoms with Gasteiger partial charge in [0.1, 0.15) is 11.5 Å². The molecule has 0 fully saturated rings. The topological polar surface area (TPSA) is 57.2 Å². The zero-order valence-electron chi connectivity index (χ0n) is 16.4. The number of allylic oxidation sites excluding steroid dienone is 1. The van der Waals surface area contributed by atoms with Crippen LogP contribution in [0.25, 0.3) is 11.1 Å². The molecule has 3 aromatic rings. The molecule has 0 unspecified atom stereocenters. The monoisotopic (exact) mass is 374 g/mol. The molecule has 0 saturated heterocycles. The summed E-state index contributed by atoms with van der Waals surface area (Å²) in [6, 6.07) is 17.4. The van der Waals surface area contributed by atoms with Gasteiger partial charge in [0.05, 0.1) is 5.56 Å². The Morgan fingerprint density at radius 2 is 1.86 bits per heavy atom. The van der Waals surface area contributed by atoms with Gasteiger partial charge >= 0.3 is 0 Å². The highest BCUT2D eigenvalue weighted by Crippen LogP contribution is 2.36.